The smallest absolute Gasteiger partial charge is 0.242 e. The van der Waals surface area contributed by atoms with Crippen molar-refractivity contribution >= 4 is 27.5 Å². The standard InChI is InChI=1S/C11H16ClN3O3S/c1-3-6-13-11(16)8(2)15-19(17,18)9-4-5-10(12)14-7-9/h4-5,7-8,15H,3,6H2,1-2H3,(H,13,16). The highest BCUT2D eigenvalue weighted by atomic mass is 35.5. The monoisotopic (exact) mass is 305 g/mol. The number of carbonyl (C=O) groups excluding carboxylic acids is 1. The molecule has 0 spiro atoms. The van der Waals surface area contributed by atoms with E-state index < -0.39 is 16.1 Å². The van der Waals surface area contributed by atoms with Gasteiger partial charge < -0.3 is 5.32 Å². The Hall–Kier alpha value is -1.18. The maximum atomic E-state index is 12.0. The van der Waals surface area contributed by atoms with E-state index in [0.717, 1.165) is 12.6 Å². The summed E-state index contributed by atoms with van der Waals surface area (Å²) in [5, 5.41) is 2.81. The first-order chi connectivity index (χ1) is 8.86. The third kappa shape index (κ3) is 4.77. The Labute approximate surface area is 117 Å². The Morgan fingerprint density at radius 2 is 2.16 bits per heavy atom. The van der Waals surface area contributed by atoms with Crippen LogP contribution in [0.15, 0.2) is 23.2 Å². The van der Waals surface area contributed by atoms with Gasteiger partial charge in [0.15, 0.2) is 0 Å². The fourth-order valence-corrected chi connectivity index (χ4v) is 2.54. The number of pyridine rings is 1. The lowest BCUT2D eigenvalue weighted by Gasteiger charge is -2.13. The number of nitrogens with zero attached hydrogens (tertiary/aromatic N) is 1. The van der Waals surface area contributed by atoms with Gasteiger partial charge in [0.2, 0.25) is 15.9 Å². The summed E-state index contributed by atoms with van der Waals surface area (Å²) in [6.45, 7) is 3.90. The van der Waals surface area contributed by atoms with Crippen molar-refractivity contribution in [3.63, 3.8) is 0 Å². The number of hydrogen-bond acceptors (Lipinski definition) is 4. The van der Waals surface area contributed by atoms with Crippen molar-refractivity contribution in [1.29, 1.82) is 0 Å². The second kappa shape index (κ2) is 6.83. The molecule has 1 amide bonds. The van der Waals surface area contributed by atoms with E-state index in [1.54, 1.807) is 0 Å². The molecule has 6 nitrogen and oxygen atoms in total. The maximum absolute atomic E-state index is 12.0. The normalized spacial score (nSPS) is 13.0. The zero-order valence-corrected chi connectivity index (χ0v) is 12.3. The van der Waals surface area contributed by atoms with Crippen LogP contribution < -0.4 is 10.0 Å². The van der Waals surface area contributed by atoms with Gasteiger partial charge in [-0.2, -0.15) is 4.72 Å². The lowest BCUT2D eigenvalue weighted by Crippen LogP contribution is -2.44. The van der Waals surface area contributed by atoms with Gasteiger partial charge in [-0.1, -0.05) is 18.5 Å². The predicted octanol–water partition coefficient (Wildman–Crippen LogP) is 0.928. The van der Waals surface area contributed by atoms with Crippen LogP contribution in [0.1, 0.15) is 20.3 Å². The van der Waals surface area contributed by atoms with E-state index in [4.69, 9.17) is 11.6 Å². The molecule has 1 atom stereocenters. The quantitative estimate of drug-likeness (QED) is 0.765. The average molecular weight is 306 g/mol. The summed E-state index contributed by atoms with van der Waals surface area (Å²) in [7, 11) is -3.78. The highest BCUT2D eigenvalue weighted by Crippen LogP contribution is 2.11. The number of sulfonamides is 1. The van der Waals surface area contributed by atoms with Crippen LogP contribution in [-0.4, -0.2) is 31.9 Å². The molecule has 1 unspecified atom stereocenters. The first-order valence-electron chi connectivity index (χ1n) is 5.78. The first-order valence-corrected chi connectivity index (χ1v) is 7.64. The van der Waals surface area contributed by atoms with Gasteiger partial charge in [0.05, 0.1) is 6.04 Å². The summed E-state index contributed by atoms with van der Waals surface area (Å²) >= 11 is 5.58. The summed E-state index contributed by atoms with van der Waals surface area (Å²) in [5.41, 5.74) is 0. The molecule has 0 bridgehead atoms. The fourth-order valence-electron chi connectivity index (χ4n) is 1.28. The number of halogens is 1. The van der Waals surface area contributed by atoms with E-state index in [-0.39, 0.29) is 16.0 Å². The maximum Gasteiger partial charge on any atom is 0.242 e. The molecule has 0 fully saturated rings. The average Bonchev–Trinajstić information content (AvgIpc) is 2.35. The molecule has 0 radical (unpaired) electrons. The van der Waals surface area contributed by atoms with E-state index in [1.165, 1.54) is 19.1 Å². The molecule has 2 N–H and O–H groups in total. The van der Waals surface area contributed by atoms with Crippen LogP contribution in [0.3, 0.4) is 0 Å². The van der Waals surface area contributed by atoms with Crippen molar-refractivity contribution in [2.75, 3.05) is 6.54 Å². The van der Waals surface area contributed by atoms with Gasteiger partial charge in [-0.25, -0.2) is 13.4 Å². The Morgan fingerprint density at radius 3 is 2.68 bits per heavy atom. The minimum absolute atomic E-state index is 0.0351. The van der Waals surface area contributed by atoms with Crippen LogP contribution in [0.4, 0.5) is 0 Å². The molecule has 1 aromatic rings. The molecule has 0 aliphatic heterocycles. The largest absolute Gasteiger partial charge is 0.355 e. The van der Waals surface area contributed by atoms with Crippen LogP contribution in [-0.2, 0) is 14.8 Å². The van der Waals surface area contributed by atoms with Gasteiger partial charge >= 0.3 is 0 Å². The van der Waals surface area contributed by atoms with Gasteiger partial charge in [0.1, 0.15) is 10.0 Å². The van der Waals surface area contributed by atoms with Crippen molar-refractivity contribution in [2.45, 2.75) is 31.2 Å². The molecule has 1 rings (SSSR count). The second-order valence-corrected chi connectivity index (χ2v) is 6.05. The van der Waals surface area contributed by atoms with Crippen molar-refractivity contribution < 1.29 is 13.2 Å². The highest BCUT2D eigenvalue weighted by molar-refractivity contribution is 7.89. The molecule has 0 aromatic carbocycles. The summed E-state index contributed by atoms with van der Waals surface area (Å²) in [6, 6.07) is 1.85. The SMILES string of the molecule is CCCNC(=O)C(C)NS(=O)(=O)c1ccc(Cl)nc1. The molecular formula is C11H16ClN3O3S. The van der Waals surface area contributed by atoms with Crippen molar-refractivity contribution in [1.82, 2.24) is 15.0 Å². The van der Waals surface area contributed by atoms with Gasteiger partial charge in [-0.05, 0) is 25.5 Å². The Balaban J connectivity index is 2.74. The molecule has 0 aliphatic carbocycles. The first kappa shape index (κ1) is 15.9. The van der Waals surface area contributed by atoms with Gasteiger partial charge in [-0.3, -0.25) is 4.79 Å². The van der Waals surface area contributed by atoms with Crippen LogP contribution in [0.2, 0.25) is 5.15 Å². The van der Waals surface area contributed by atoms with Crippen LogP contribution >= 0.6 is 11.6 Å². The number of rotatable bonds is 6. The summed E-state index contributed by atoms with van der Waals surface area (Å²) in [4.78, 5) is 15.2. The molecule has 106 valence electrons. The zero-order valence-electron chi connectivity index (χ0n) is 10.7. The number of nitrogens with one attached hydrogen (secondary N) is 2. The second-order valence-electron chi connectivity index (χ2n) is 3.95. The van der Waals surface area contributed by atoms with E-state index in [9.17, 15) is 13.2 Å². The number of hydrogen-bond donors (Lipinski definition) is 2. The molecule has 0 saturated carbocycles. The van der Waals surface area contributed by atoms with E-state index in [0.29, 0.717) is 6.54 Å². The molecule has 8 heteroatoms. The number of amides is 1. The zero-order chi connectivity index (χ0) is 14.5. The highest BCUT2D eigenvalue weighted by Gasteiger charge is 2.21. The third-order valence-electron chi connectivity index (χ3n) is 2.28. The van der Waals surface area contributed by atoms with Crippen LogP contribution in [0.25, 0.3) is 0 Å². The summed E-state index contributed by atoms with van der Waals surface area (Å²) in [6.07, 6.45) is 1.92. The van der Waals surface area contributed by atoms with Gasteiger partial charge in [0, 0.05) is 12.7 Å². The molecule has 1 aromatic heterocycles. The molecular weight excluding hydrogens is 290 g/mol. The van der Waals surface area contributed by atoms with Crippen molar-refractivity contribution in [2.24, 2.45) is 0 Å². The third-order valence-corrected chi connectivity index (χ3v) is 4.03. The van der Waals surface area contributed by atoms with Gasteiger partial charge in [-0.15, -0.1) is 0 Å². The topological polar surface area (TPSA) is 88.2 Å². The minimum Gasteiger partial charge on any atom is -0.355 e. The van der Waals surface area contributed by atoms with Crippen LogP contribution in [0, 0.1) is 0 Å². The van der Waals surface area contributed by atoms with E-state index >= 15 is 0 Å². The Morgan fingerprint density at radius 1 is 1.47 bits per heavy atom. The summed E-state index contributed by atoms with van der Waals surface area (Å²) in [5.74, 6) is -0.368. The minimum atomic E-state index is -3.78. The Kier molecular flexibility index (Phi) is 5.71. The number of aromatic nitrogens is 1. The molecule has 1 heterocycles. The summed E-state index contributed by atoms with van der Waals surface area (Å²) < 4.78 is 26.2. The van der Waals surface area contributed by atoms with Crippen LogP contribution in [0.5, 0.6) is 0 Å². The Bertz CT molecular complexity index is 531. The predicted molar refractivity (Wildman–Crippen MR) is 72.3 cm³/mol. The lowest BCUT2D eigenvalue weighted by atomic mass is 10.3. The molecule has 0 saturated heterocycles. The fraction of sp³-hybridized carbons (Fsp3) is 0.455. The van der Waals surface area contributed by atoms with E-state index in [2.05, 4.69) is 15.0 Å². The molecule has 19 heavy (non-hydrogen) atoms. The van der Waals surface area contributed by atoms with Crippen molar-refractivity contribution in [3.05, 3.63) is 23.5 Å². The van der Waals surface area contributed by atoms with Crippen molar-refractivity contribution in [3.8, 4) is 0 Å². The van der Waals surface area contributed by atoms with Gasteiger partial charge in [0.25, 0.3) is 0 Å². The van der Waals surface area contributed by atoms with E-state index in [1.807, 2.05) is 6.92 Å². The molecule has 0 aliphatic rings. The number of carbonyl (C=O) groups is 1. The lowest BCUT2D eigenvalue weighted by molar-refractivity contribution is -0.122.